The van der Waals surface area contributed by atoms with E-state index in [-0.39, 0.29) is 5.91 Å². The monoisotopic (exact) mass is 385 g/mol. The first-order chi connectivity index (χ1) is 13.9. The third-order valence-corrected chi connectivity index (χ3v) is 4.91. The lowest BCUT2D eigenvalue weighted by atomic mass is 10.1. The van der Waals surface area contributed by atoms with Gasteiger partial charge in [-0.05, 0) is 62.7 Å². The van der Waals surface area contributed by atoms with Gasteiger partial charge in [-0.1, -0.05) is 23.3 Å². The number of rotatable bonds is 4. The highest BCUT2D eigenvalue weighted by Crippen LogP contribution is 2.31. The zero-order chi connectivity index (χ0) is 20.5. The number of fused-ring (bicyclic) bond motifs is 1. The lowest BCUT2D eigenvalue weighted by Crippen LogP contribution is -2.13. The Morgan fingerprint density at radius 1 is 1.03 bits per heavy atom. The van der Waals surface area contributed by atoms with Gasteiger partial charge in [0.1, 0.15) is 11.4 Å². The van der Waals surface area contributed by atoms with Crippen LogP contribution in [-0.2, 0) is 0 Å². The number of anilines is 1. The summed E-state index contributed by atoms with van der Waals surface area (Å²) in [6.45, 7) is 6.00. The van der Waals surface area contributed by atoms with Gasteiger partial charge < -0.3 is 14.5 Å². The first-order valence-corrected chi connectivity index (χ1v) is 9.47. The Balaban J connectivity index is 1.71. The third kappa shape index (κ3) is 3.72. The number of aromatic nitrogens is 2. The summed E-state index contributed by atoms with van der Waals surface area (Å²) in [5.41, 5.74) is 7.11. The van der Waals surface area contributed by atoms with Crippen molar-refractivity contribution < 1.29 is 9.53 Å². The van der Waals surface area contributed by atoms with Crippen molar-refractivity contribution in [3.63, 3.8) is 0 Å². The number of carbonyl (C=O) groups excluding carboxylic acids is 1. The van der Waals surface area contributed by atoms with Crippen LogP contribution in [0.4, 0.5) is 5.69 Å². The molecular formula is C24H23N3O2. The highest BCUT2D eigenvalue weighted by molar-refractivity contribution is 6.05. The Labute approximate surface area is 170 Å². The number of nitrogens with one attached hydrogen (secondary N) is 1. The van der Waals surface area contributed by atoms with Crippen molar-refractivity contribution in [2.75, 3.05) is 12.4 Å². The molecule has 5 nitrogen and oxygen atoms in total. The quantitative estimate of drug-likeness (QED) is 0.526. The Morgan fingerprint density at radius 2 is 1.79 bits per heavy atom. The standard InChI is InChI=1S/C24H23N3O2/c1-15-10-16(2)12-19(11-15)24(28)26-20-13-18(7-8-22(20)29-4)21-14-27-9-5-6-17(3)23(27)25-21/h5-14H,1-4H3,(H,26,28). The summed E-state index contributed by atoms with van der Waals surface area (Å²) in [5, 5.41) is 2.99. The van der Waals surface area contributed by atoms with Crippen LogP contribution < -0.4 is 10.1 Å². The van der Waals surface area contributed by atoms with E-state index in [1.807, 2.05) is 86.1 Å². The molecule has 0 fully saturated rings. The number of amides is 1. The number of hydrogen-bond donors (Lipinski definition) is 1. The summed E-state index contributed by atoms with van der Waals surface area (Å²) in [5.74, 6) is 0.435. The van der Waals surface area contributed by atoms with Crippen LogP contribution >= 0.6 is 0 Å². The van der Waals surface area contributed by atoms with Crippen LogP contribution in [0.1, 0.15) is 27.0 Å². The molecule has 5 heteroatoms. The summed E-state index contributed by atoms with van der Waals surface area (Å²) >= 11 is 0. The van der Waals surface area contributed by atoms with E-state index >= 15 is 0 Å². The van der Waals surface area contributed by atoms with Crippen LogP contribution in [0.15, 0.2) is 60.9 Å². The second kappa shape index (κ2) is 7.43. The molecule has 0 aliphatic carbocycles. The largest absolute Gasteiger partial charge is 0.495 e. The average Bonchev–Trinajstić information content (AvgIpc) is 3.13. The predicted octanol–water partition coefficient (Wildman–Crippen LogP) is 5.19. The van der Waals surface area contributed by atoms with Crippen molar-refractivity contribution in [3.05, 3.63) is 83.2 Å². The van der Waals surface area contributed by atoms with Gasteiger partial charge in [-0.3, -0.25) is 4.79 Å². The molecule has 0 saturated carbocycles. The van der Waals surface area contributed by atoms with Crippen molar-refractivity contribution in [1.82, 2.24) is 9.38 Å². The maximum absolute atomic E-state index is 12.8. The molecule has 2 aromatic carbocycles. The number of aryl methyl sites for hydroxylation is 3. The smallest absolute Gasteiger partial charge is 0.255 e. The maximum atomic E-state index is 12.8. The minimum absolute atomic E-state index is 0.168. The summed E-state index contributed by atoms with van der Waals surface area (Å²) in [4.78, 5) is 17.6. The van der Waals surface area contributed by atoms with Crippen molar-refractivity contribution in [2.24, 2.45) is 0 Å². The number of nitrogens with zero attached hydrogens (tertiary/aromatic N) is 2. The Bertz CT molecular complexity index is 1200. The van der Waals surface area contributed by atoms with Gasteiger partial charge in [-0.2, -0.15) is 0 Å². The van der Waals surface area contributed by atoms with Gasteiger partial charge in [0.15, 0.2) is 0 Å². The summed E-state index contributed by atoms with van der Waals surface area (Å²) in [6.07, 6.45) is 3.96. The van der Waals surface area contributed by atoms with Gasteiger partial charge in [-0.25, -0.2) is 4.98 Å². The summed E-state index contributed by atoms with van der Waals surface area (Å²) < 4.78 is 7.46. The van der Waals surface area contributed by atoms with Gasteiger partial charge in [-0.15, -0.1) is 0 Å². The molecule has 29 heavy (non-hydrogen) atoms. The lowest BCUT2D eigenvalue weighted by molar-refractivity contribution is 0.102. The van der Waals surface area contributed by atoms with Gasteiger partial charge in [0.05, 0.1) is 18.5 Å². The topological polar surface area (TPSA) is 55.6 Å². The van der Waals surface area contributed by atoms with Gasteiger partial charge in [0, 0.05) is 23.5 Å². The van der Waals surface area contributed by atoms with Crippen LogP contribution in [0.2, 0.25) is 0 Å². The summed E-state index contributed by atoms with van der Waals surface area (Å²) in [6, 6.07) is 15.5. The van der Waals surface area contributed by atoms with E-state index in [1.165, 1.54) is 0 Å². The summed E-state index contributed by atoms with van der Waals surface area (Å²) in [7, 11) is 1.59. The molecule has 0 spiro atoms. The number of hydrogen-bond acceptors (Lipinski definition) is 3. The molecule has 1 N–H and O–H groups in total. The molecule has 0 bridgehead atoms. The van der Waals surface area contributed by atoms with E-state index in [2.05, 4.69) is 5.32 Å². The Hall–Kier alpha value is -3.60. The van der Waals surface area contributed by atoms with Crippen molar-refractivity contribution in [1.29, 1.82) is 0 Å². The second-order valence-electron chi connectivity index (χ2n) is 7.29. The zero-order valence-electron chi connectivity index (χ0n) is 17.0. The normalized spacial score (nSPS) is 10.9. The minimum Gasteiger partial charge on any atom is -0.495 e. The third-order valence-electron chi connectivity index (χ3n) is 4.91. The molecule has 0 saturated heterocycles. The average molecular weight is 385 g/mol. The highest BCUT2D eigenvalue weighted by atomic mass is 16.5. The van der Waals surface area contributed by atoms with Crippen LogP contribution in [0.25, 0.3) is 16.9 Å². The first kappa shape index (κ1) is 18.7. The van der Waals surface area contributed by atoms with Crippen molar-refractivity contribution in [2.45, 2.75) is 20.8 Å². The van der Waals surface area contributed by atoms with E-state index < -0.39 is 0 Å². The van der Waals surface area contributed by atoms with Gasteiger partial charge in [0.2, 0.25) is 0 Å². The number of ether oxygens (including phenoxy) is 1. The number of carbonyl (C=O) groups is 1. The molecule has 0 unspecified atom stereocenters. The molecule has 4 aromatic rings. The molecular weight excluding hydrogens is 362 g/mol. The minimum atomic E-state index is -0.168. The second-order valence-corrected chi connectivity index (χ2v) is 7.29. The fourth-order valence-corrected chi connectivity index (χ4v) is 3.56. The van der Waals surface area contributed by atoms with E-state index in [0.717, 1.165) is 33.6 Å². The van der Waals surface area contributed by atoms with Gasteiger partial charge in [0.25, 0.3) is 5.91 Å². The molecule has 146 valence electrons. The highest BCUT2D eigenvalue weighted by Gasteiger charge is 2.14. The molecule has 1 amide bonds. The molecule has 0 aliphatic rings. The van der Waals surface area contributed by atoms with Crippen LogP contribution in [0.3, 0.4) is 0 Å². The van der Waals surface area contributed by atoms with Crippen molar-refractivity contribution >= 4 is 17.2 Å². The SMILES string of the molecule is COc1ccc(-c2cn3cccc(C)c3n2)cc1NC(=O)c1cc(C)cc(C)c1. The van der Waals surface area contributed by atoms with E-state index in [4.69, 9.17) is 9.72 Å². The molecule has 0 radical (unpaired) electrons. The van der Waals surface area contributed by atoms with Crippen LogP contribution in [0.5, 0.6) is 5.75 Å². The fraction of sp³-hybridized carbons (Fsp3) is 0.167. The predicted molar refractivity (Wildman–Crippen MR) is 116 cm³/mol. The van der Waals surface area contributed by atoms with E-state index in [1.54, 1.807) is 7.11 Å². The fourth-order valence-electron chi connectivity index (χ4n) is 3.56. The molecule has 0 aliphatic heterocycles. The Morgan fingerprint density at radius 3 is 2.48 bits per heavy atom. The van der Waals surface area contributed by atoms with Crippen LogP contribution in [-0.4, -0.2) is 22.4 Å². The van der Waals surface area contributed by atoms with E-state index in [9.17, 15) is 4.79 Å². The number of pyridine rings is 1. The lowest BCUT2D eigenvalue weighted by Gasteiger charge is -2.12. The molecule has 4 rings (SSSR count). The number of benzene rings is 2. The first-order valence-electron chi connectivity index (χ1n) is 9.47. The molecule has 2 aromatic heterocycles. The van der Waals surface area contributed by atoms with Crippen LogP contribution in [0, 0.1) is 20.8 Å². The number of methoxy groups -OCH3 is 1. The molecule has 2 heterocycles. The zero-order valence-corrected chi connectivity index (χ0v) is 17.0. The molecule has 0 atom stereocenters. The van der Waals surface area contributed by atoms with Gasteiger partial charge >= 0.3 is 0 Å². The van der Waals surface area contributed by atoms with Crippen molar-refractivity contribution in [3.8, 4) is 17.0 Å². The van der Waals surface area contributed by atoms with E-state index in [0.29, 0.717) is 17.0 Å². The Kier molecular flexibility index (Phi) is 4.80. The number of imidazole rings is 1. The maximum Gasteiger partial charge on any atom is 0.255 e.